The Balaban J connectivity index is 1.85. The second-order valence-electron chi connectivity index (χ2n) is 5.68. The first-order chi connectivity index (χ1) is 11.4. The second kappa shape index (κ2) is 6.20. The van der Waals surface area contributed by atoms with Gasteiger partial charge in [-0.2, -0.15) is 0 Å². The molecular weight excluding hydrogens is 372 g/mol. The fourth-order valence-corrected chi connectivity index (χ4v) is 3.08. The Morgan fingerprint density at radius 2 is 1.75 bits per heavy atom. The van der Waals surface area contributed by atoms with Gasteiger partial charge >= 0.3 is 0 Å². The molecule has 0 fully saturated rings. The van der Waals surface area contributed by atoms with E-state index in [1.807, 2.05) is 24.3 Å². The lowest BCUT2D eigenvalue weighted by atomic mass is 10.0. The van der Waals surface area contributed by atoms with Crippen LogP contribution in [0.5, 0.6) is 0 Å². The summed E-state index contributed by atoms with van der Waals surface area (Å²) >= 11 is 3.47. The van der Waals surface area contributed by atoms with Crippen LogP contribution in [0, 0.1) is 0 Å². The van der Waals surface area contributed by atoms with Crippen molar-refractivity contribution < 1.29 is 14.4 Å². The van der Waals surface area contributed by atoms with Crippen LogP contribution in [-0.2, 0) is 6.54 Å². The van der Waals surface area contributed by atoms with Crippen molar-refractivity contribution in [3.8, 4) is 0 Å². The Bertz CT molecular complexity index is 863. The molecule has 0 N–H and O–H groups in total. The maximum absolute atomic E-state index is 12.6. The first-order valence-corrected chi connectivity index (χ1v) is 8.14. The van der Waals surface area contributed by atoms with Crippen molar-refractivity contribution in [3.63, 3.8) is 0 Å². The third kappa shape index (κ3) is 2.73. The first kappa shape index (κ1) is 16.4. The number of hydrogen-bond acceptors (Lipinski definition) is 3. The van der Waals surface area contributed by atoms with Crippen molar-refractivity contribution in [2.24, 2.45) is 0 Å². The van der Waals surface area contributed by atoms with E-state index in [1.165, 1.54) is 13.1 Å². The lowest BCUT2D eigenvalue weighted by molar-refractivity contribution is 0.0692. The minimum Gasteiger partial charge on any atom is -0.337 e. The number of nitrogens with zero attached hydrogens (tertiary/aromatic N) is 2. The van der Waals surface area contributed by atoms with E-state index in [4.69, 9.17) is 0 Å². The van der Waals surface area contributed by atoms with Crippen LogP contribution in [0.3, 0.4) is 0 Å². The van der Waals surface area contributed by atoms with Gasteiger partial charge in [0.05, 0.1) is 11.1 Å². The molecule has 3 amide bonds. The number of benzene rings is 2. The van der Waals surface area contributed by atoms with Crippen molar-refractivity contribution in [2.75, 3.05) is 14.1 Å². The van der Waals surface area contributed by atoms with Crippen LogP contribution >= 0.6 is 15.9 Å². The summed E-state index contributed by atoms with van der Waals surface area (Å²) in [5.74, 6) is -0.919. The quantitative estimate of drug-likeness (QED) is 0.761. The zero-order chi connectivity index (χ0) is 17.4. The van der Waals surface area contributed by atoms with Gasteiger partial charge in [0.15, 0.2) is 0 Å². The predicted molar refractivity (Wildman–Crippen MR) is 92.8 cm³/mol. The molecule has 2 aromatic rings. The number of fused-ring (bicyclic) bond motifs is 1. The average Bonchev–Trinajstić information content (AvgIpc) is 2.80. The molecule has 24 heavy (non-hydrogen) atoms. The van der Waals surface area contributed by atoms with Gasteiger partial charge in [-0.1, -0.05) is 34.1 Å². The van der Waals surface area contributed by atoms with Crippen LogP contribution in [0.4, 0.5) is 0 Å². The van der Waals surface area contributed by atoms with Gasteiger partial charge in [-0.3, -0.25) is 19.3 Å². The van der Waals surface area contributed by atoms with Crippen molar-refractivity contribution in [1.29, 1.82) is 0 Å². The zero-order valence-corrected chi connectivity index (χ0v) is 14.8. The van der Waals surface area contributed by atoms with Crippen LogP contribution in [0.2, 0.25) is 0 Å². The van der Waals surface area contributed by atoms with Crippen LogP contribution in [0.25, 0.3) is 0 Å². The van der Waals surface area contributed by atoms with Gasteiger partial charge < -0.3 is 4.90 Å². The molecule has 122 valence electrons. The third-order valence-electron chi connectivity index (χ3n) is 4.05. The maximum Gasteiger partial charge on any atom is 0.261 e. The lowest BCUT2D eigenvalue weighted by Gasteiger charge is -2.18. The SMILES string of the molecule is CN(Cc1ccccc1Br)C(=O)c1ccc2c(c1)C(=O)N(C)C2=O. The monoisotopic (exact) mass is 386 g/mol. The molecule has 0 bridgehead atoms. The molecule has 0 aliphatic carbocycles. The molecule has 1 heterocycles. The van der Waals surface area contributed by atoms with Crippen molar-refractivity contribution >= 4 is 33.7 Å². The number of amides is 3. The molecule has 0 spiro atoms. The van der Waals surface area contributed by atoms with Crippen LogP contribution in [-0.4, -0.2) is 41.6 Å². The van der Waals surface area contributed by atoms with E-state index in [0.717, 1.165) is 14.9 Å². The summed E-state index contributed by atoms with van der Waals surface area (Å²) in [6.45, 7) is 0.435. The van der Waals surface area contributed by atoms with Crippen molar-refractivity contribution in [3.05, 3.63) is 69.2 Å². The highest BCUT2D eigenvalue weighted by atomic mass is 79.9. The van der Waals surface area contributed by atoms with Gasteiger partial charge in [-0.25, -0.2) is 0 Å². The molecule has 0 saturated carbocycles. The molecule has 2 aromatic carbocycles. The third-order valence-corrected chi connectivity index (χ3v) is 4.82. The van der Waals surface area contributed by atoms with Gasteiger partial charge in [0.2, 0.25) is 0 Å². The predicted octanol–water partition coefficient (Wildman–Crippen LogP) is 2.95. The molecule has 0 radical (unpaired) electrons. The maximum atomic E-state index is 12.6. The minimum atomic E-state index is -0.377. The minimum absolute atomic E-state index is 0.205. The highest BCUT2D eigenvalue weighted by Gasteiger charge is 2.33. The van der Waals surface area contributed by atoms with Crippen LogP contribution in [0.1, 0.15) is 36.6 Å². The lowest BCUT2D eigenvalue weighted by Crippen LogP contribution is -2.26. The summed E-state index contributed by atoms with van der Waals surface area (Å²) in [6.07, 6.45) is 0. The summed E-state index contributed by atoms with van der Waals surface area (Å²) < 4.78 is 0.931. The Morgan fingerprint density at radius 1 is 1.08 bits per heavy atom. The number of imide groups is 1. The van der Waals surface area contributed by atoms with E-state index in [-0.39, 0.29) is 23.3 Å². The van der Waals surface area contributed by atoms with Gasteiger partial charge in [-0.05, 0) is 29.8 Å². The molecule has 5 nitrogen and oxygen atoms in total. The summed E-state index contributed by atoms with van der Waals surface area (Å²) in [7, 11) is 3.14. The molecule has 0 saturated heterocycles. The Hall–Kier alpha value is -2.47. The standard InChI is InChI=1S/C18H15BrN2O3/c1-20(10-12-5-3-4-6-15(12)19)16(22)11-7-8-13-14(9-11)18(24)21(2)17(13)23/h3-9H,10H2,1-2H3. The topological polar surface area (TPSA) is 57.7 Å². The van der Waals surface area contributed by atoms with Crippen molar-refractivity contribution in [1.82, 2.24) is 9.80 Å². The van der Waals surface area contributed by atoms with Gasteiger partial charge in [0, 0.05) is 30.7 Å². The molecule has 1 aliphatic heterocycles. The highest BCUT2D eigenvalue weighted by molar-refractivity contribution is 9.10. The Morgan fingerprint density at radius 3 is 2.46 bits per heavy atom. The number of halogens is 1. The van der Waals surface area contributed by atoms with Gasteiger partial charge in [0.25, 0.3) is 17.7 Å². The molecule has 0 aromatic heterocycles. The Labute approximate surface area is 148 Å². The summed E-state index contributed by atoms with van der Waals surface area (Å²) in [6, 6.07) is 12.3. The number of rotatable bonds is 3. The van der Waals surface area contributed by atoms with Crippen LogP contribution in [0.15, 0.2) is 46.9 Å². The van der Waals surface area contributed by atoms with Crippen LogP contribution < -0.4 is 0 Å². The van der Waals surface area contributed by atoms with E-state index in [9.17, 15) is 14.4 Å². The molecule has 3 rings (SSSR count). The summed E-state index contributed by atoms with van der Waals surface area (Å²) in [4.78, 5) is 39.2. The van der Waals surface area contributed by atoms with E-state index < -0.39 is 0 Å². The molecule has 0 unspecified atom stereocenters. The van der Waals surface area contributed by atoms with Gasteiger partial charge in [0.1, 0.15) is 0 Å². The normalized spacial score (nSPS) is 13.2. The second-order valence-corrected chi connectivity index (χ2v) is 6.54. The first-order valence-electron chi connectivity index (χ1n) is 7.35. The fourth-order valence-electron chi connectivity index (χ4n) is 2.67. The Kier molecular flexibility index (Phi) is 4.24. The summed E-state index contributed by atoms with van der Waals surface area (Å²) in [5, 5.41) is 0. The number of carbonyl (C=O) groups excluding carboxylic acids is 3. The van der Waals surface area contributed by atoms with Gasteiger partial charge in [-0.15, -0.1) is 0 Å². The zero-order valence-electron chi connectivity index (χ0n) is 13.2. The van der Waals surface area contributed by atoms with Crippen molar-refractivity contribution in [2.45, 2.75) is 6.54 Å². The fraction of sp³-hybridized carbons (Fsp3) is 0.167. The van der Waals surface area contributed by atoms with E-state index in [2.05, 4.69) is 15.9 Å². The highest BCUT2D eigenvalue weighted by Crippen LogP contribution is 2.24. The summed E-state index contributed by atoms with van der Waals surface area (Å²) in [5.41, 5.74) is 2.00. The largest absolute Gasteiger partial charge is 0.337 e. The van der Waals surface area contributed by atoms with E-state index in [1.54, 1.807) is 24.1 Å². The molecule has 1 aliphatic rings. The molecular formula is C18H15BrN2O3. The van der Waals surface area contributed by atoms with E-state index in [0.29, 0.717) is 17.7 Å². The average molecular weight is 387 g/mol. The smallest absolute Gasteiger partial charge is 0.261 e. The number of hydrogen-bond donors (Lipinski definition) is 0. The number of carbonyl (C=O) groups is 3. The molecule has 0 atom stereocenters. The molecule has 6 heteroatoms. The van der Waals surface area contributed by atoms with E-state index >= 15 is 0 Å².